The molecule has 29 heavy (non-hydrogen) atoms. The molecule has 154 valence electrons. The van der Waals surface area contributed by atoms with E-state index in [1.807, 2.05) is 40.1 Å². The number of carbonyl (C=O) groups excluding carboxylic acids is 2. The summed E-state index contributed by atoms with van der Waals surface area (Å²) < 4.78 is 1.54. The number of hydrogen-bond acceptors (Lipinski definition) is 5. The van der Waals surface area contributed by atoms with E-state index in [1.165, 1.54) is 12.7 Å². The first kappa shape index (κ1) is 19.5. The van der Waals surface area contributed by atoms with Gasteiger partial charge in [0.25, 0.3) is 0 Å². The lowest BCUT2D eigenvalue weighted by molar-refractivity contribution is -0.143. The Balaban J connectivity index is 1.39. The lowest BCUT2D eigenvalue weighted by Gasteiger charge is -2.36. The van der Waals surface area contributed by atoms with E-state index in [9.17, 15) is 9.59 Å². The molecule has 1 aromatic carbocycles. The van der Waals surface area contributed by atoms with E-state index in [1.54, 1.807) is 4.68 Å². The van der Waals surface area contributed by atoms with Crippen molar-refractivity contribution in [2.75, 3.05) is 26.2 Å². The molecule has 1 aromatic heterocycles. The van der Waals surface area contributed by atoms with Gasteiger partial charge in [-0.3, -0.25) is 9.59 Å². The average Bonchev–Trinajstić information content (AvgIpc) is 3.32. The summed E-state index contributed by atoms with van der Waals surface area (Å²) in [5.74, 6) is 0.334. The predicted molar refractivity (Wildman–Crippen MR) is 107 cm³/mol. The summed E-state index contributed by atoms with van der Waals surface area (Å²) in [6, 6.07) is 9.44. The fraction of sp³-hybridized carbons (Fsp3) is 0.571. The molecule has 0 aliphatic carbocycles. The number of piperidine rings is 2. The van der Waals surface area contributed by atoms with Crippen molar-refractivity contribution in [2.24, 2.45) is 5.92 Å². The minimum absolute atomic E-state index is 0.0185. The Bertz CT molecular complexity index is 796. The van der Waals surface area contributed by atoms with Crippen molar-refractivity contribution in [3.63, 3.8) is 0 Å². The first-order chi connectivity index (χ1) is 14.2. The highest BCUT2D eigenvalue weighted by molar-refractivity contribution is 5.82. The summed E-state index contributed by atoms with van der Waals surface area (Å²) >= 11 is 0. The molecular formula is C21H28N6O2. The van der Waals surface area contributed by atoms with E-state index in [0.29, 0.717) is 19.5 Å². The molecule has 8 heteroatoms. The fourth-order valence-electron chi connectivity index (χ4n) is 4.37. The van der Waals surface area contributed by atoms with Crippen molar-refractivity contribution in [3.05, 3.63) is 42.2 Å². The van der Waals surface area contributed by atoms with Gasteiger partial charge in [-0.15, -0.1) is 5.10 Å². The zero-order chi connectivity index (χ0) is 20.1. The second-order valence-corrected chi connectivity index (χ2v) is 7.98. The van der Waals surface area contributed by atoms with E-state index >= 15 is 0 Å². The molecule has 0 spiro atoms. The van der Waals surface area contributed by atoms with Gasteiger partial charge in [-0.1, -0.05) is 30.3 Å². The normalized spacial score (nSPS) is 19.2. The monoisotopic (exact) mass is 396 g/mol. The maximum absolute atomic E-state index is 13.3. The number of carbonyl (C=O) groups is 2. The van der Waals surface area contributed by atoms with Crippen LogP contribution in [-0.2, 0) is 16.0 Å². The number of amides is 2. The molecule has 0 radical (unpaired) electrons. The van der Waals surface area contributed by atoms with Gasteiger partial charge in [-0.25, -0.2) is 4.68 Å². The molecule has 2 aliphatic rings. The van der Waals surface area contributed by atoms with E-state index in [2.05, 4.69) is 15.5 Å². The second kappa shape index (κ2) is 9.15. The molecule has 3 heterocycles. The van der Waals surface area contributed by atoms with Crippen LogP contribution in [0.5, 0.6) is 0 Å². The minimum atomic E-state index is -0.471. The maximum atomic E-state index is 13.3. The fourth-order valence-corrected chi connectivity index (χ4v) is 4.37. The van der Waals surface area contributed by atoms with Crippen LogP contribution in [0.15, 0.2) is 36.7 Å². The smallest absolute Gasteiger partial charge is 0.247 e. The van der Waals surface area contributed by atoms with Crippen LogP contribution in [0, 0.1) is 5.92 Å². The number of rotatable bonds is 5. The van der Waals surface area contributed by atoms with Gasteiger partial charge in [-0.05, 0) is 48.1 Å². The molecule has 1 atom stereocenters. The number of likely N-dealkylation sites (tertiary alicyclic amines) is 2. The number of hydrogen-bond donors (Lipinski definition) is 0. The lowest BCUT2D eigenvalue weighted by Crippen LogP contribution is -2.47. The van der Waals surface area contributed by atoms with E-state index in [-0.39, 0.29) is 17.7 Å². The third-order valence-corrected chi connectivity index (χ3v) is 6.06. The van der Waals surface area contributed by atoms with Gasteiger partial charge in [-0.2, -0.15) is 0 Å². The zero-order valence-corrected chi connectivity index (χ0v) is 16.7. The van der Waals surface area contributed by atoms with Gasteiger partial charge in [0, 0.05) is 38.5 Å². The van der Waals surface area contributed by atoms with Gasteiger partial charge in [0.15, 0.2) is 0 Å². The topological polar surface area (TPSA) is 84.2 Å². The van der Waals surface area contributed by atoms with Crippen LogP contribution in [-0.4, -0.2) is 68.0 Å². The molecule has 8 nitrogen and oxygen atoms in total. The molecule has 4 rings (SSSR count). The van der Waals surface area contributed by atoms with E-state index in [4.69, 9.17) is 0 Å². The average molecular weight is 396 g/mol. The van der Waals surface area contributed by atoms with Crippen LogP contribution in [0.3, 0.4) is 0 Å². The van der Waals surface area contributed by atoms with Gasteiger partial charge >= 0.3 is 0 Å². The molecule has 2 amide bonds. The van der Waals surface area contributed by atoms with Crippen molar-refractivity contribution < 1.29 is 9.59 Å². The first-order valence-electron chi connectivity index (χ1n) is 10.6. The Morgan fingerprint density at radius 2 is 1.69 bits per heavy atom. The quantitative estimate of drug-likeness (QED) is 0.768. The molecule has 0 bridgehead atoms. The summed E-state index contributed by atoms with van der Waals surface area (Å²) in [6.45, 7) is 2.99. The second-order valence-electron chi connectivity index (χ2n) is 7.98. The SMILES string of the molecule is O=C(C1CCN(C(=O)[C@@H](Cc2ccccc2)n2cnnn2)CC1)N1CCCCC1. The molecule has 2 aliphatic heterocycles. The van der Waals surface area contributed by atoms with Crippen LogP contribution in [0.1, 0.15) is 43.7 Å². The Hall–Kier alpha value is -2.77. The van der Waals surface area contributed by atoms with Crippen LogP contribution in [0.25, 0.3) is 0 Å². The molecule has 2 aromatic rings. The van der Waals surface area contributed by atoms with Crippen molar-refractivity contribution >= 4 is 11.8 Å². The van der Waals surface area contributed by atoms with Gasteiger partial charge in [0.2, 0.25) is 11.8 Å². The van der Waals surface area contributed by atoms with Crippen molar-refractivity contribution in [1.82, 2.24) is 30.0 Å². The van der Waals surface area contributed by atoms with Crippen molar-refractivity contribution in [1.29, 1.82) is 0 Å². The Morgan fingerprint density at radius 1 is 0.966 bits per heavy atom. The van der Waals surface area contributed by atoms with Crippen LogP contribution < -0.4 is 0 Å². The number of nitrogens with zero attached hydrogens (tertiary/aromatic N) is 6. The molecule has 0 unspecified atom stereocenters. The third kappa shape index (κ3) is 4.63. The Morgan fingerprint density at radius 3 is 2.34 bits per heavy atom. The summed E-state index contributed by atoms with van der Waals surface area (Å²) in [7, 11) is 0. The predicted octanol–water partition coefficient (Wildman–Crippen LogP) is 1.71. The molecule has 2 fully saturated rings. The van der Waals surface area contributed by atoms with Gasteiger partial charge < -0.3 is 9.80 Å². The van der Waals surface area contributed by atoms with Gasteiger partial charge in [0.05, 0.1) is 0 Å². The Labute approximate surface area is 170 Å². The molecule has 0 N–H and O–H groups in total. The van der Waals surface area contributed by atoms with Crippen LogP contribution in [0.2, 0.25) is 0 Å². The van der Waals surface area contributed by atoms with E-state index in [0.717, 1.165) is 44.3 Å². The molecule has 0 saturated carbocycles. The Kier molecular flexibility index (Phi) is 6.17. The number of benzene rings is 1. The standard InChI is InChI=1S/C21H28N6O2/c28-20(25-11-5-2-6-12-25)18-9-13-26(14-10-18)21(29)19(27-16-22-23-24-27)15-17-7-3-1-4-8-17/h1,3-4,7-8,16,18-19H,2,5-6,9-15H2/t19-/m1/s1. The highest BCUT2D eigenvalue weighted by Gasteiger charge is 2.34. The highest BCUT2D eigenvalue weighted by Crippen LogP contribution is 2.24. The van der Waals surface area contributed by atoms with Crippen LogP contribution in [0.4, 0.5) is 0 Å². The maximum Gasteiger partial charge on any atom is 0.247 e. The minimum Gasteiger partial charge on any atom is -0.342 e. The van der Waals surface area contributed by atoms with Crippen molar-refractivity contribution in [2.45, 2.75) is 44.6 Å². The summed E-state index contributed by atoms with van der Waals surface area (Å²) in [5.41, 5.74) is 1.07. The summed E-state index contributed by atoms with van der Waals surface area (Å²) in [6.07, 6.45) is 6.93. The molecular weight excluding hydrogens is 368 g/mol. The molecule has 2 saturated heterocycles. The number of tetrazole rings is 1. The first-order valence-corrected chi connectivity index (χ1v) is 10.6. The largest absolute Gasteiger partial charge is 0.342 e. The number of aromatic nitrogens is 4. The van der Waals surface area contributed by atoms with Gasteiger partial charge in [0.1, 0.15) is 12.4 Å². The lowest BCUT2D eigenvalue weighted by atomic mass is 9.93. The zero-order valence-electron chi connectivity index (χ0n) is 16.7. The third-order valence-electron chi connectivity index (χ3n) is 6.06. The highest BCUT2D eigenvalue weighted by atomic mass is 16.2. The van der Waals surface area contributed by atoms with Crippen LogP contribution >= 0.6 is 0 Å². The van der Waals surface area contributed by atoms with E-state index < -0.39 is 6.04 Å². The summed E-state index contributed by atoms with van der Waals surface area (Å²) in [4.78, 5) is 30.0. The van der Waals surface area contributed by atoms with Crippen molar-refractivity contribution in [3.8, 4) is 0 Å². The summed E-state index contributed by atoms with van der Waals surface area (Å²) in [5, 5.41) is 11.4.